The molecular weight excluding hydrogens is 341 g/mol. The molecule has 27 heavy (non-hydrogen) atoms. The van der Waals surface area contributed by atoms with Crippen molar-refractivity contribution >= 4 is 28.9 Å². The molecule has 1 aliphatic carbocycles. The number of rotatable bonds is 4. The van der Waals surface area contributed by atoms with E-state index in [1.54, 1.807) is 6.07 Å². The molecule has 3 nitrogen and oxygen atoms in total. The number of aliphatic carboxylic acids is 1. The second-order valence-corrected chi connectivity index (χ2v) is 7.21. The Bertz CT molecular complexity index is 951. The Morgan fingerprint density at radius 1 is 1.11 bits per heavy atom. The van der Waals surface area contributed by atoms with Crippen molar-refractivity contribution in [2.24, 2.45) is 0 Å². The van der Waals surface area contributed by atoms with Crippen molar-refractivity contribution in [2.75, 3.05) is 18.0 Å². The second-order valence-electron chi connectivity index (χ2n) is 7.21. The monoisotopic (exact) mass is 363 g/mol. The summed E-state index contributed by atoms with van der Waals surface area (Å²) in [5, 5.41) is 9.24. The fraction of sp³-hybridized carbons (Fsp3) is 0.261. The van der Waals surface area contributed by atoms with Gasteiger partial charge < -0.3 is 10.0 Å². The Balaban J connectivity index is 1.71. The normalized spacial score (nSPS) is 17.7. The molecule has 4 rings (SSSR count). The van der Waals surface area contributed by atoms with Crippen LogP contribution in [0.15, 0.2) is 48.0 Å². The fourth-order valence-corrected chi connectivity index (χ4v) is 4.06. The van der Waals surface area contributed by atoms with E-state index in [0.717, 1.165) is 35.4 Å². The third-order valence-corrected chi connectivity index (χ3v) is 5.46. The van der Waals surface area contributed by atoms with E-state index in [1.165, 1.54) is 30.7 Å². The van der Waals surface area contributed by atoms with Gasteiger partial charge in [-0.3, -0.25) is 4.79 Å². The van der Waals surface area contributed by atoms with Gasteiger partial charge in [0.15, 0.2) is 0 Å². The zero-order valence-electron chi connectivity index (χ0n) is 15.3. The quantitative estimate of drug-likeness (QED) is 0.809. The van der Waals surface area contributed by atoms with Crippen molar-refractivity contribution in [1.29, 1.82) is 0 Å². The van der Waals surface area contributed by atoms with Crippen molar-refractivity contribution in [2.45, 2.75) is 26.2 Å². The first kappa shape index (κ1) is 17.5. The molecule has 1 fully saturated rings. The predicted octanol–water partition coefficient (Wildman–Crippen LogP) is 5.23. The molecule has 138 valence electrons. The number of benzene rings is 2. The Kier molecular flexibility index (Phi) is 4.56. The predicted molar refractivity (Wildman–Crippen MR) is 107 cm³/mol. The molecule has 0 spiro atoms. The lowest BCUT2D eigenvalue weighted by Gasteiger charge is -2.17. The summed E-state index contributed by atoms with van der Waals surface area (Å²) in [5.41, 5.74) is 6.44. The summed E-state index contributed by atoms with van der Waals surface area (Å²) in [7, 11) is 0. The van der Waals surface area contributed by atoms with Crippen LogP contribution in [0.25, 0.3) is 17.2 Å². The van der Waals surface area contributed by atoms with Gasteiger partial charge in [0.05, 0.1) is 6.42 Å². The van der Waals surface area contributed by atoms with E-state index in [2.05, 4.69) is 35.2 Å². The van der Waals surface area contributed by atoms with Crippen LogP contribution in [-0.2, 0) is 4.79 Å². The highest BCUT2D eigenvalue weighted by atomic mass is 19.1. The third-order valence-electron chi connectivity index (χ3n) is 5.46. The topological polar surface area (TPSA) is 40.5 Å². The highest BCUT2D eigenvalue weighted by Crippen LogP contribution is 2.43. The SMILES string of the molecule is CC1=C(CC(=O)O)c2cc(F)ccc2/C1=C\c1ccc(N2CCCC2)cc1. The molecule has 0 atom stereocenters. The molecule has 0 saturated carbocycles. The maximum atomic E-state index is 13.8. The fourth-order valence-electron chi connectivity index (χ4n) is 4.06. The summed E-state index contributed by atoms with van der Waals surface area (Å²) < 4.78 is 13.8. The maximum absolute atomic E-state index is 13.8. The Labute approximate surface area is 158 Å². The standard InChI is InChI=1S/C23H22FNO2/c1-15-20(12-16-4-7-18(8-5-16)25-10-2-3-11-25)19-9-6-17(24)13-22(19)21(15)14-23(26)27/h4-9,12-13H,2-3,10-11,14H2,1H3,(H,26,27)/b20-12-. The molecule has 0 unspecified atom stereocenters. The van der Waals surface area contributed by atoms with Gasteiger partial charge in [0, 0.05) is 18.8 Å². The maximum Gasteiger partial charge on any atom is 0.307 e. The first-order valence-electron chi connectivity index (χ1n) is 9.32. The molecule has 0 aromatic heterocycles. The van der Waals surface area contributed by atoms with Crippen molar-refractivity contribution in [3.05, 3.63) is 70.5 Å². The zero-order valence-corrected chi connectivity index (χ0v) is 15.3. The van der Waals surface area contributed by atoms with E-state index in [0.29, 0.717) is 11.1 Å². The van der Waals surface area contributed by atoms with E-state index in [1.807, 2.05) is 6.92 Å². The highest BCUT2D eigenvalue weighted by Gasteiger charge is 2.25. The lowest BCUT2D eigenvalue weighted by molar-refractivity contribution is -0.135. The minimum absolute atomic E-state index is 0.104. The molecule has 4 heteroatoms. The van der Waals surface area contributed by atoms with E-state index in [4.69, 9.17) is 0 Å². The van der Waals surface area contributed by atoms with Gasteiger partial charge in [-0.25, -0.2) is 4.39 Å². The van der Waals surface area contributed by atoms with E-state index < -0.39 is 5.97 Å². The molecule has 1 aliphatic heterocycles. The summed E-state index contributed by atoms with van der Waals surface area (Å²) in [6.07, 6.45) is 4.45. The number of halogens is 1. The van der Waals surface area contributed by atoms with Gasteiger partial charge in [0.1, 0.15) is 5.82 Å². The summed E-state index contributed by atoms with van der Waals surface area (Å²) in [5.74, 6) is -1.25. The van der Waals surface area contributed by atoms with Crippen molar-refractivity contribution < 1.29 is 14.3 Å². The molecule has 1 heterocycles. The first-order chi connectivity index (χ1) is 13.0. The van der Waals surface area contributed by atoms with Gasteiger partial charge >= 0.3 is 5.97 Å². The summed E-state index contributed by atoms with van der Waals surface area (Å²) in [6.45, 7) is 4.14. The van der Waals surface area contributed by atoms with Gasteiger partial charge in [-0.1, -0.05) is 18.2 Å². The van der Waals surface area contributed by atoms with Crippen LogP contribution in [0.1, 0.15) is 42.9 Å². The molecule has 1 saturated heterocycles. The number of carboxylic acid groups (broad SMARTS) is 1. The molecule has 2 aromatic rings. The van der Waals surface area contributed by atoms with Crippen molar-refractivity contribution in [3.8, 4) is 0 Å². The number of fused-ring (bicyclic) bond motifs is 1. The number of anilines is 1. The van der Waals surface area contributed by atoms with Crippen LogP contribution in [-0.4, -0.2) is 24.2 Å². The molecule has 0 radical (unpaired) electrons. The van der Waals surface area contributed by atoms with Gasteiger partial charge in [0.25, 0.3) is 0 Å². The van der Waals surface area contributed by atoms with Crippen LogP contribution in [0.3, 0.4) is 0 Å². The molecule has 2 aromatic carbocycles. The lowest BCUT2D eigenvalue weighted by Crippen LogP contribution is -2.17. The average molecular weight is 363 g/mol. The minimum Gasteiger partial charge on any atom is -0.481 e. The molecule has 0 amide bonds. The van der Waals surface area contributed by atoms with Crippen LogP contribution >= 0.6 is 0 Å². The van der Waals surface area contributed by atoms with Crippen LogP contribution in [0.5, 0.6) is 0 Å². The molecular formula is C23H22FNO2. The molecule has 2 aliphatic rings. The summed E-state index contributed by atoms with van der Waals surface area (Å²) >= 11 is 0. The number of hydrogen-bond acceptors (Lipinski definition) is 2. The number of carbonyl (C=O) groups is 1. The van der Waals surface area contributed by atoms with Gasteiger partial charge in [-0.15, -0.1) is 0 Å². The molecule has 0 bridgehead atoms. The minimum atomic E-state index is -0.907. The lowest BCUT2D eigenvalue weighted by atomic mass is 10.0. The van der Waals surface area contributed by atoms with E-state index in [-0.39, 0.29) is 12.2 Å². The van der Waals surface area contributed by atoms with Crippen molar-refractivity contribution in [3.63, 3.8) is 0 Å². The van der Waals surface area contributed by atoms with Crippen LogP contribution in [0.4, 0.5) is 10.1 Å². The number of hydrogen-bond donors (Lipinski definition) is 1. The van der Waals surface area contributed by atoms with Crippen LogP contribution in [0, 0.1) is 5.82 Å². The number of nitrogens with zero attached hydrogens (tertiary/aromatic N) is 1. The highest BCUT2D eigenvalue weighted by molar-refractivity contribution is 6.07. The van der Waals surface area contributed by atoms with Gasteiger partial charge in [-0.05, 0) is 83.5 Å². The van der Waals surface area contributed by atoms with Crippen LogP contribution < -0.4 is 4.90 Å². The second kappa shape index (κ2) is 7.03. The Morgan fingerprint density at radius 2 is 1.81 bits per heavy atom. The first-order valence-corrected chi connectivity index (χ1v) is 9.32. The van der Waals surface area contributed by atoms with Crippen LogP contribution in [0.2, 0.25) is 0 Å². The van der Waals surface area contributed by atoms with E-state index >= 15 is 0 Å². The largest absolute Gasteiger partial charge is 0.481 e. The Morgan fingerprint density at radius 3 is 2.48 bits per heavy atom. The number of carboxylic acids is 1. The smallest absolute Gasteiger partial charge is 0.307 e. The average Bonchev–Trinajstić information content (AvgIpc) is 3.26. The number of allylic oxidation sites excluding steroid dienone is 2. The molecule has 1 N–H and O–H groups in total. The zero-order chi connectivity index (χ0) is 19.0. The van der Waals surface area contributed by atoms with Crippen molar-refractivity contribution in [1.82, 2.24) is 0 Å². The van der Waals surface area contributed by atoms with Gasteiger partial charge in [-0.2, -0.15) is 0 Å². The third kappa shape index (κ3) is 3.39. The summed E-state index contributed by atoms with van der Waals surface area (Å²) in [6, 6.07) is 13.1. The Hall–Kier alpha value is -2.88. The van der Waals surface area contributed by atoms with Gasteiger partial charge in [0.2, 0.25) is 0 Å². The van der Waals surface area contributed by atoms with E-state index in [9.17, 15) is 14.3 Å². The summed E-state index contributed by atoms with van der Waals surface area (Å²) in [4.78, 5) is 13.7.